The molecule has 1 atom stereocenters. The van der Waals surface area contributed by atoms with Gasteiger partial charge in [0.25, 0.3) is 0 Å². The first kappa shape index (κ1) is 13.0. The van der Waals surface area contributed by atoms with Gasteiger partial charge in [-0.05, 0) is 28.1 Å². The molecule has 1 rings (SSSR count). The highest BCUT2D eigenvalue weighted by Crippen LogP contribution is 2.26. The summed E-state index contributed by atoms with van der Waals surface area (Å²) in [5.41, 5.74) is 0. The summed E-state index contributed by atoms with van der Waals surface area (Å²) in [6, 6.07) is 3.76. The van der Waals surface area contributed by atoms with Gasteiger partial charge in [-0.25, -0.2) is 4.98 Å². The highest BCUT2D eigenvalue weighted by Gasteiger charge is 2.16. The van der Waals surface area contributed by atoms with E-state index in [4.69, 9.17) is 0 Å². The van der Waals surface area contributed by atoms with E-state index < -0.39 is 0 Å². The molecule has 0 aliphatic heterocycles. The summed E-state index contributed by atoms with van der Waals surface area (Å²) < 4.78 is 5.53. The Kier molecular flexibility index (Phi) is 5.63. The molecule has 6 heteroatoms. The lowest BCUT2D eigenvalue weighted by molar-refractivity contribution is -0.139. The molecule has 1 aromatic heterocycles. The molecule has 1 unspecified atom stereocenters. The van der Waals surface area contributed by atoms with Gasteiger partial charge in [-0.2, -0.15) is 0 Å². The van der Waals surface area contributed by atoms with Crippen molar-refractivity contribution >= 4 is 49.6 Å². The van der Waals surface area contributed by atoms with Crippen LogP contribution in [0.15, 0.2) is 27.8 Å². The molecule has 1 aromatic rings. The molecule has 0 N–H and O–H groups in total. The molecular weight excluding hydrogens is 346 g/mol. The lowest BCUT2D eigenvalue weighted by Crippen LogP contribution is -2.17. The Morgan fingerprint density at radius 1 is 1.73 bits per heavy atom. The van der Waals surface area contributed by atoms with Crippen LogP contribution in [0.5, 0.6) is 0 Å². The van der Waals surface area contributed by atoms with Crippen molar-refractivity contribution in [3.05, 3.63) is 22.8 Å². The monoisotopic (exact) mass is 353 g/mol. The van der Waals surface area contributed by atoms with E-state index in [1.165, 1.54) is 18.9 Å². The number of thioether (sulfide) groups is 1. The topological polar surface area (TPSA) is 39.2 Å². The van der Waals surface area contributed by atoms with Gasteiger partial charge in [-0.1, -0.05) is 15.9 Å². The number of hydrogen-bond acceptors (Lipinski definition) is 4. The van der Waals surface area contributed by atoms with E-state index in [9.17, 15) is 4.79 Å². The molecule has 0 fully saturated rings. The fraction of sp³-hybridized carbons (Fsp3) is 0.333. The maximum absolute atomic E-state index is 11.1. The average molecular weight is 355 g/mol. The van der Waals surface area contributed by atoms with Crippen LogP contribution in [0.25, 0.3) is 0 Å². The zero-order valence-electron chi connectivity index (χ0n) is 7.94. The maximum atomic E-state index is 11.1. The molecule has 82 valence electrons. The number of carbonyl (C=O) groups is 1. The van der Waals surface area contributed by atoms with Crippen molar-refractivity contribution in [3.8, 4) is 0 Å². The summed E-state index contributed by atoms with van der Waals surface area (Å²) >= 11 is 8.13. The second-order valence-corrected chi connectivity index (χ2v) is 5.56. The Bertz CT molecular complexity index is 349. The molecule has 15 heavy (non-hydrogen) atoms. The van der Waals surface area contributed by atoms with Gasteiger partial charge in [0.05, 0.1) is 7.11 Å². The van der Waals surface area contributed by atoms with Crippen molar-refractivity contribution in [2.75, 3.05) is 12.9 Å². The van der Waals surface area contributed by atoms with Crippen LogP contribution in [-0.2, 0) is 9.53 Å². The van der Waals surface area contributed by atoms with Crippen molar-refractivity contribution in [3.63, 3.8) is 0 Å². The van der Waals surface area contributed by atoms with E-state index in [-0.39, 0.29) is 10.8 Å². The molecule has 0 spiro atoms. The number of methoxy groups -OCH3 is 1. The largest absolute Gasteiger partial charge is 0.468 e. The van der Waals surface area contributed by atoms with Crippen molar-refractivity contribution in [1.82, 2.24) is 4.98 Å². The lowest BCUT2D eigenvalue weighted by Gasteiger charge is -2.07. The molecule has 0 amide bonds. The van der Waals surface area contributed by atoms with Crippen LogP contribution in [0.2, 0.25) is 0 Å². The second kappa shape index (κ2) is 6.50. The average Bonchev–Trinajstić information content (AvgIpc) is 2.26. The van der Waals surface area contributed by atoms with Crippen molar-refractivity contribution in [2.45, 2.75) is 9.85 Å². The van der Waals surface area contributed by atoms with Crippen molar-refractivity contribution in [1.29, 1.82) is 0 Å². The molecule has 0 saturated carbocycles. The fourth-order valence-electron chi connectivity index (χ4n) is 0.825. The Morgan fingerprint density at radius 3 is 3.07 bits per heavy atom. The lowest BCUT2D eigenvalue weighted by atomic mass is 10.5. The van der Waals surface area contributed by atoms with E-state index in [0.29, 0.717) is 5.75 Å². The minimum Gasteiger partial charge on any atom is -0.468 e. The van der Waals surface area contributed by atoms with Gasteiger partial charge in [0.15, 0.2) is 0 Å². The summed E-state index contributed by atoms with van der Waals surface area (Å²) in [5, 5.41) is 0.867. The second-order valence-electron chi connectivity index (χ2n) is 2.59. The van der Waals surface area contributed by atoms with Crippen molar-refractivity contribution in [2.24, 2.45) is 0 Å². The summed E-state index contributed by atoms with van der Waals surface area (Å²) in [6.45, 7) is 0. The minimum atomic E-state index is -0.304. The Balaban J connectivity index is 2.50. The summed E-state index contributed by atoms with van der Waals surface area (Å²) in [4.78, 5) is 15.0. The third-order valence-corrected chi connectivity index (χ3v) is 4.68. The van der Waals surface area contributed by atoms with Gasteiger partial charge in [0.2, 0.25) is 0 Å². The number of aromatic nitrogens is 1. The highest BCUT2D eigenvalue weighted by molar-refractivity contribution is 9.10. The molecular formula is C9H9Br2NO2S. The quantitative estimate of drug-likeness (QED) is 0.473. The van der Waals surface area contributed by atoms with Crippen LogP contribution >= 0.6 is 43.6 Å². The van der Waals surface area contributed by atoms with Crippen LogP contribution in [0, 0.1) is 0 Å². The van der Waals surface area contributed by atoms with E-state index in [1.807, 2.05) is 12.1 Å². The van der Waals surface area contributed by atoms with Crippen LogP contribution in [-0.4, -0.2) is 28.6 Å². The Hall–Kier alpha value is -0.0700. The summed E-state index contributed by atoms with van der Waals surface area (Å²) in [5.74, 6) is 0.317. The first-order valence-electron chi connectivity index (χ1n) is 4.10. The third kappa shape index (κ3) is 4.12. The number of halogens is 2. The van der Waals surface area contributed by atoms with E-state index in [2.05, 4.69) is 41.6 Å². The molecule has 1 heterocycles. The first-order valence-corrected chi connectivity index (χ1v) is 6.79. The van der Waals surface area contributed by atoms with Crippen LogP contribution in [0.4, 0.5) is 0 Å². The number of ether oxygens (including phenoxy) is 1. The Labute approximate surface area is 109 Å². The predicted molar refractivity (Wildman–Crippen MR) is 67.4 cm³/mol. The summed E-state index contributed by atoms with van der Waals surface area (Å²) in [7, 11) is 1.37. The first-order chi connectivity index (χ1) is 7.15. The van der Waals surface area contributed by atoms with Gasteiger partial charge < -0.3 is 4.74 Å². The van der Waals surface area contributed by atoms with E-state index in [1.54, 1.807) is 6.20 Å². The fourth-order valence-corrected chi connectivity index (χ4v) is 2.79. The summed E-state index contributed by atoms with van der Waals surface area (Å²) in [6.07, 6.45) is 1.72. The van der Waals surface area contributed by atoms with Crippen LogP contribution < -0.4 is 0 Å². The predicted octanol–water partition coefficient (Wildman–Crippen LogP) is 2.87. The minimum absolute atomic E-state index is 0.269. The number of nitrogens with zero attached hydrogens (tertiary/aromatic N) is 1. The zero-order valence-corrected chi connectivity index (χ0v) is 11.9. The normalized spacial score (nSPS) is 12.2. The van der Waals surface area contributed by atoms with Crippen LogP contribution in [0.1, 0.15) is 0 Å². The molecule has 0 aliphatic carbocycles. The maximum Gasteiger partial charge on any atom is 0.320 e. The molecule has 0 radical (unpaired) electrons. The molecule has 0 saturated heterocycles. The van der Waals surface area contributed by atoms with Crippen LogP contribution in [0.3, 0.4) is 0 Å². The van der Waals surface area contributed by atoms with Gasteiger partial charge >= 0.3 is 5.97 Å². The Morgan fingerprint density at radius 2 is 2.47 bits per heavy atom. The van der Waals surface area contributed by atoms with Crippen molar-refractivity contribution < 1.29 is 9.53 Å². The zero-order chi connectivity index (χ0) is 11.3. The number of hydrogen-bond donors (Lipinski definition) is 0. The number of alkyl halides is 1. The van der Waals surface area contributed by atoms with E-state index >= 15 is 0 Å². The molecule has 0 aromatic carbocycles. The number of pyridine rings is 1. The van der Waals surface area contributed by atoms with Gasteiger partial charge in [-0.15, -0.1) is 11.8 Å². The van der Waals surface area contributed by atoms with Gasteiger partial charge in [0.1, 0.15) is 9.85 Å². The molecule has 0 bridgehead atoms. The van der Waals surface area contributed by atoms with E-state index in [0.717, 1.165) is 9.50 Å². The van der Waals surface area contributed by atoms with Gasteiger partial charge in [0, 0.05) is 16.4 Å². The number of esters is 1. The number of rotatable bonds is 4. The highest BCUT2D eigenvalue weighted by atomic mass is 79.9. The standard InChI is InChI=1S/C9H9Br2NO2S/c1-14-9(13)7(11)5-15-8-6(10)3-2-4-12-8/h2-4,7H,5H2,1H3. The molecule has 3 nitrogen and oxygen atoms in total. The SMILES string of the molecule is COC(=O)C(Br)CSc1ncccc1Br. The van der Waals surface area contributed by atoms with Gasteiger partial charge in [-0.3, -0.25) is 4.79 Å². The third-order valence-electron chi connectivity index (χ3n) is 1.55. The smallest absolute Gasteiger partial charge is 0.320 e. The molecule has 0 aliphatic rings. The number of carbonyl (C=O) groups excluding carboxylic acids is 1.